The molecule has 1 unspecified atom stereocenters. The lowest BCUT2D eigenvalue weighted by Crippen LogP contribution is -2.42. The Bertz CT molecular complexity index is 456. The average molecular weight is 311 g/mol. The summed E-state index contributed by atoms with van der Waals surface area (Å²) in [6.45, 7) is 4.42. The van der Waals surface area contributed by atoms with Crippen LogP contribution in [-0.4, -0.2) is 42.2 Å². The van der Waals surface area contributed by atoms with Crippen LogP contribution in [0.2, 0.25) is 5.02 Å². The van der Waals surface area contributed by atoms with E-state index in [2.05, 4.69) is 10.2 Å². The van der Waals surface area contributed by atoms with Crippen molar-refractivity contribution in [1.82, 2.24) is 10.2 Å². The smallest absolute Gasteiger partial charge is 0.234 e. The highest BCUT2D eigenvalue weighted by atomic mass is 35.5. The molecule has 0 aliphatic carbocycles. The summed E-state index contributed by atoms with van der Waals surface area (Å²) in [5.41, 5.74) is 1.05. The largest absolute Gasteiger partial charge is 0.396 e. The Morgan fingerprint density at radius 2 is 2.00 bits per heavy atom. The molecule has 1 aromatic rings. The third kappa shape index (κ3) is 4.99. The van der Waals surface area contributed by atoms with Crippen LogP contribution in [-0.2, 0) is 4.79 Å². The minimum absolute atomic E-state index is 0.0234. The fourth-order valence-corrected chi connectivity index (χ4v) is 2.78. The number of nitrogens with zero attached hydrogens (tertiary/aromatic N) is 1. The van der Waals surface area contributed by atoms with E-state index in [1.54, 1.807) is 0 Å². The Morgan fingerprint density at radius 1 is 1.38 bits per heavy atom. The summed E-state index contributed by atoms with van der Waals surface area (Å²) in [4.78, 5) is 14.2. The molecule has 5 heteroatoms. The standard InChI is InChI=1S/C16H23ClN2O2/c1-12(14-2-4-15(17)5-3-14)18-16(21)10-19-8-6-13(11-20)7-9-19/h2-5,12-13,20H,6-11H2,1H3,(H,18,21). The molecule has 2 N–H and O–H groups in total. The highest BCUT2D eigenvalue weighted by Gasteiger charge is 2.20. The number of amides is 1. The lowest BCUT2D eigenvalue weighted by atomic mass is 9.98. The maximum absolute atomic E-state index is 12.1. The molecule has 0 bridgehead atoms. The molecule has 1 saturated heterocycles. The molecule has 1 heterocycles. The summed E-state index contributed by atoms with van der Waals surface area (Å²) in [6.07, 6.45) is 1.94. The predicted octanol–water partition coefficient (Wildman–Crippen LogP) is 2.22. The first-order valence-electron chi connectivity index (χ1n) is 7.46. The van der Waals surface area contributed by atoms with Gasteiger partial charge >= 0.3 is 0 Å². The Labute approximate surface area is 131 Å². The molecule has 1 atom stereocenters. The lowest BCUT2D eigenvalue weighted by molar-refractivity contribution is -0.123. The van der Waals surface area contributed by atoms with E-state index in [0.29, 0.717) is 17.5 Å². The van der Waals surface area contributed by atoms with Crippen LogP contribution in [0.1, 0.15) is 31.4 Å². The average Bonchev–Trinajstić information content (AvgIpc) is 2.48. The number of likely N-dealkylation sites (tertiary alicyclic amines) is 1. The van der Waals surface area contributed by atoms with Gasteiger partial charge in [0, 0.05) is 11.6 Å². The van der Waals surface area contributed by atoms with E-state index in [0.717, 1.165) is 31.5 Å². The van der Waals surface area contributed by atoms with Gasteiger partial charge < -0.3 is 10.4 Å². The summed E-state index contributed by atoms with van der Waals surface area (Å²) in [7, 11) is 0. The summed E-state index contributed by atoms with van der Waals surface area (Å²) in [5, 5.41) is 12.8. The minimum atomic E-state index is -0.0234. The monoisotopic (exact) mass is 310 g/mol. The fourth-order valence-electron chi connectivity index (χ4n) is 2.65. The zero-order valence-electron chi connectivity index (χ0n) is 12.4. The van der Waals surface area contributed by atoms with Gasteiger partial charge in [-0.1, -0.05) is 23.7 Å². The highest BCUT2D eigenvalue weighted by molar-refractivity contribution is 6.30. The van der Waals surface area contributed by atoms with Crippen molar-refractivity contribution in [3.8, 4) is 0 Å². The van der Waals surface area contributed by atoms with Crippen molar-refractivity contribution in [2.75, 3.05) is 26.2 Å². The number of nitrogens with one attached hydrogen (secondary N) is 1. The Morgan fingerprint density at radius 3 is 2.57 bits per heavy atom. The molecule has 1 aliphatic rings. The van der Waals surface area contributed by atoms with Crippen molar-refractivity contribution >= 4 is 17.5 Å². The molecule has 4 nitrogen and oxygen atoms in total. The molecule has 0 saturated carbocycles. The molecule has 1 amide bonds. The summed E-state index contributed by atoms with van der Waals surface area (Å²) >= 11 is 5.86. The second-order valence-corrected chi connectivity index (χ2v) is 6.18. The van der Waals surface area contributed by atoms with Crippen LogP contribution in [0.3, 0.4) is 0 Å². The number of aliphatic hydroxyl groups is 1. The minimum Gasteiger partial charge on any atom is -0.396 e. The highest BCUT2D eigenvalue weighted by Crippen LogP contribution is 2.17. The third-order valence-corrected chi connectivity index (χ3v) is 4.33. The number of carbonyl (C=O) groups excluding carboxylic acids is 1. The predicted molar refractivity (Wildman–Crippen MR) is 84.3 cm³/mol. The molecule has 116 valence electrons. The number of rotatable bonds is 5. The fraction of sp³-hybridized carbons (Fsp3) is 0.562. The molecule has 1 aliphatic heterocycles. The number of benzene rings is 1. The van der Waals surface area contributed by atoms with Crippen LogP contribution in [0.5, 0.6) is 0 Å². The van der Waals surface area contributed by atoms with E-state index in [-0.39, 0.29) is 18.6 Å². The molecule has 0 spiro atoms. The van der Waals surface area contributed by atoms with E-state index in [1.165, 1.54) is 0 Å². The molecule has 0 aromatic heterocycles. The van der Waals surface area contributed by atoms with Crippen LogP contribution >= 0.6 is 11.6 Å². The first-order valence-corrected chi connectivity index (χ1v) is 7.84. The topological polar surface area (TPSA) is 52.6 Å². The van der Waals surface area contributed by atoms with Gasteiger partial charge in [0.2, 0.25) is 5.91 Å². The van der Waals surface area contributed by atoms with Gasteiger partial charge in [-0.3, -0.25) is 9.69 Å². The normalized spacial score (nSPS) is 18.4. The van der Waals surface area contributed by atoms with Crippen molar-refractivity contribution in [2.24, 2.45) is 5.92 Å². The summed E-state index contributed by atoms with van der Waals surface area (Å²) in [6, 6.07) is 7.50. The van der Waals surface area contributed by atoms with Gasteiger partial charge in [0.15, 0.2) is 0 Å². The number of carbonyl (C=O) groups is 1. The van der Waals surface area contributed by atoms with Gasteiger partial charge in [-0.25, -0.2) is 0 Å². The summed E-state index contributed by atoms with van der Waals surface area (Å²) in [5.74, 6) is 0.442. The van der Waals surface area contributed by atoms with E-state index in [1.807, 2.05) is 31.2 Å². The maximum atomic E-state index is 12.1. The van der Waals surface area contributed by atoms with Crippen LogP contribution in [0.25, 0.3) is 0 Å². The van der Waals surface area contributed by atoms with Crippen molar-refractivity contribution in [2.45, 2.75) is 25.8 Å². The van der Waals surface area contributed by atoms with Crippen LogP contribution in [0, 0.1) is 5.92 Å². The molecule has 1 aromatic carbocycles. The lowest BCUT2D eigenvalue weighted by Gasteiger charge is -2.30. The number of hydrogen-bond acceptors (Lipinski definition) is 3. The number of hydrogen-bond donors (Lipinski definition) is 2. The first kappa shape index (κ1) is 16.3. The molecular weight excluding hydrogens is 288 g/mol. The molecule has 2 rings (SSSR count). The first-order chi connectivity index (χ1) is 10.1. The van der Waals surface area contributed by atoms with Crippen molar-refractivity contribution in [3.63, 3.8) is 0 Å². The van der Waals surface area contributed by atoms with E-state index < -0.39 is 0 Å². The van der Waals surface area contributed by atoms with Crippen LogP contribution in [0.4, 0.5) is 0 Å². The third-order valence-electron chi connectivity index (χ3n) is 4.08. The Hall–Kier alpha value is -1.10. The SMILES string of the molecule is CC(NC(=O)CN1CCC(CO)CC1)c1ccc(Cl)cc1. The van der Waals surface area contributed by atoms with Crippen LogP contribution < -0.4 is 5.32 Å². The second kappa shape index (κ2) is 7.78. The van der Waals surface area contributed by atoms with E-state index >= 15 is 0 Å². The molecule has 1 fully saturated rings. The van der Waals surface area contributed by atoms with E-state index in [4.69, 9.17) is 16.7 Å². The van der Waals surface area contributed by atoms with Gasteiger partial charge in [-0.05, 0) is 56.5 Å². The van der Waals surface area contributed by atoms with Gasteiger partial charge in [0.05, 0.1) is 12.6 Å². The van der Waals surface area contributed by atoms with Gasteiger partial charge in [-0.15, -0.1) is 0 Å². The van der Waals surface area contributed by atoms with Crippen molar-refractivity contribution in [1.29, 1.82) is 0 Å². The zero-order valence-corrected chi connectivity index (χ0v) is 13.1. The maximum Gasteiger partial charge on any atom is 0.234 e. The van der Waals surface area contributed by atoms with E-state index in [9.17, 15) is 4.79 Å². The molecule has 0 radical (unpaired) electrons. The quantitative estimate of drug-likeness (QED) is 0.877. The molecule has 21 heavy (non-hydrogen) atoms. The molecular formula is C16H23ClN2O2. The number of aliphatic hydroxyl groups excluding tert-OH is 1. The number of piperidine rings is 1. The van der Waals surface area contributed by atoms with Crippen molar-refractivity contribution in [3.05, 3.63) is 34.9 Å². The summed E-state index contributed by atoms with van der Waals surface area (Å²) < 4.78 is 0. The van der Waals surface area contributed by atoms with Crippen molar-refractivity contribution < 1.29 is 9.90 Å². The van der Waals surface area contributed by atoms with Gasteiger partial charge in [0.25, 0.3) is 0 Å². The van der Waals surface area contributed by atoms with Gasteiger partial charge in [-0.2, -0.15) is 0 Å². The Kier molecular flexibility index (Phi) is 6.03. The van der Waals surface area contributed by atoms with Crippen LogP contribution in [0.15, 0.2) is 24.3 Å². The zero-order chi connectivity index (χ0) is 15.2. The van der Waals surface area contributed by atoms with Gasteiger partial charge in [0.1, 0.15) is 0 Å². The Balaban J connectivity index is 1.78. The number of halogens is 1. The second-order valence-electron chi connectivity index (χ2n) is 5.74.